The van der Waals surface area contributed by atoms with Gasteiger partial charge in [0.1, 0.15) is 5.82 Å². The Balaban J connectivity index is 1.87. The maximum absolute atomic E-state index is 11.3. The third-order valence-electron chi connectivity index (χ3n) is 3.61. The van der Waals surface area contributed by atoms with Crippen molar-refractivity contribution in [1.82, 2.24) is 15.3 Å². The lowest BCUT2D eigenvalue weighted by Gasteiger charge is -2.32. The van der Waals surface area contributed by atoms with E-state index < -0.39 is 5.97 Å². The van der Waals surface area contributed by atoms with Crippen molar-refractivity contribution in [2.45, 2.75) is 19.8 Å². The first-order valence-corrected chi connectivity index (χ1v) is 7.00. The van der Waals surface area contributed by atoms with Crippen LogP contribution in [0, 0.1) is 5.92 Å². The highest BCUT2D eigenvalue weighted by Gasteiger charge is 2.20. The third-order valence-corrected chi connectivity index (χ3v) is 3.61. The number of ether oxygens (including phenoxy) is 1. The van der Waals surface area contributed by atoms with Gasteiger partial charge in [0, 0.05) is 26.6 Å². The Kier molecular flexibility index (Phi) is 5.08. The summed E-state index contributed by atoms with van der Waals surface area (Å²) >= 11 is 0. The molecule has 0 unspecified atom stereocenters. The Morgan fingerprint density at radius 2 is 2.05 bits per heavy atom. The second-order valence-corrected chi connectivity index (χ2v) is 5.12. The number of methoxy groups -OCH3 is 1. The summed E-state index contributed by atoms with van der Waals surface area (Å²) in [7, 11) is 1.32. The first-order valence-electron chi connectivity index (χ1n) is 7.00. The molecule has 2 rings (SSSR count). The van der Waals surface area contributed by atoms with Gasteiger partial charge in [-0.25, -0.2) is 14.8 Å². The van der Waals surface area contributed by atoms with Crippen molar-refractivity contribution in [2.75, 3.05) is 31.6 Å². The predicted molar refractivity (Wildman–Crippen MR) is 77.0 cm³/mol. The minimum atomic E-state index is -0.483. The summed E-state index contributed by atoms with van der Waals surface area (Å²) in [6.07, 6.45) is 5.03. The Morgan fingerprint density at radius 3 is 2.57 bits per heavy atom. The molecule has 1 aliphatic heterocycles. The van der Waals surface area contributed by atoms with Gasteiger partial charge < -0.3 is 15.0 Å². The van der Waals surface area contributed by atoms with E-state index in [9.17, 15) is 9.59 Å². The molecule has 1 N–H and O–H groups in total. The van der Waals surface area contributed by atoms with Crippen LogP contribution in [0.5, 0.6) is 0 Å². The van der Waals surface area contributed by atoms with E-state index in [0.29, 0.717) is 5.92 Å². The standard InChI is InChI=1S/C14H20N4O3/c1-10(19)15-7-11-3-5-18(6-4-11)13-9-16-12(8-17-13)14(20)21-2/h8-9,11H,3-7H2,1-2H3,(H,15,19). The molecule has 1 saturated heterocycles. The van der Waals surface area contributed by atoms with Gasteiger partial charge in [-0.1, -0.05) is 0 Å². The zero-order valence-corrected chi connectivity index (χ0v) is 12.3. The molecule has 0 spiro atoms. The molecule has 114 valence electrons. The molecule has 0 aliphatic carbocycles. The average Bonchev–Trinajstić information content (AvgIpc) is 2.53. The summed E-state index contributed by atoms with van der Waals surface area (Å²) in [4.78, 5) is 32.7. The van der Waals surface area contributed by atoms with Gasteiger partial charge in [-0.3, -0.25) is 4.79 Å². The Bertz CT molecular complexity index is 495. The fourth-order valence-corrected chi connectivity index (χ4v) is 2.35. The fourth-order valence-electron chi connectivity index (χ4n) is 2.35. The quantitative estimate of drug-likeness (QED) is 0.819. The van der Waals surface area contributed by atoms with Crippen LogP contribution in [-0.4, -0.2) is 48.6 Å². The lowest BCUT2D eigenvalue weighted by Crippen LogP contribution is -2.38. The number of hydrogen-bond acceptors (Lipinski definition) is 6. The molecule has 1 aromatic heterocycles. The third kappa shape index (κ3) is 4.14. The maximum atomic E-state index is 11.3. The average molecular weight is 292 g/mol. The Morgan fingerprint density at radius 1 is 1.33 bits per heavy atom. The minimum Gasteiger partial charge on any atom is -0.464 e. The van der Waals surface area contributed by atoms with Crippen LogP contribution in [0.2, 0.25) is 0 Å². The predicted octanol–water partition coefficient (Wildman–Crippen LogP) is 0.616. The first kappa shape index (κ1) is 15.2. The van der Waals surface area contributed by atoms with Gasteiger partial charge in [0.05, 0.1) is 19.5 Å². The highest BCUT2D eigenvalue weighted by atomic mass is 16.5. The summed E-state index contributed by atoms with van der Waals surface area (Å²) in [5.74, 6) is 0.804. The van der Waals surface area contributed by atoms with E-state index in [-0.39, 0.29) is 11.6 Å². The molecule has 1 aliphatic rings. The van der Waals surface area contributed by atoms with Gasteiger partial charge in [0.15, 0.2) is 5.69 Å². The molecule has 1 fully saturated rings. The van der Waals surface area contributed by atoms with Crippen LogP contribution in [0.1, 0.15) is 30.3 Å². The number of anilines is 1. The summed E-state index contributed by atoms with van der Waals surface area (Å²) in [6, 6.07) is 0. The van der Waals surface area contributed by atoms with E-state index in [0.717, 1.165) is 38.3 Å². The molecular formula is C14H20N4O3. The number of esters is 1. The van der Waals surface area contributed by atoms with Crippen LogP contribution in [0.3, 0.4) is 0 Å². The van der Waals surface area contributed by atoms with Crippen molar-refractivity contribution in [2.24, 2.45) is 5.92 Å². The second kappa shape index (κ2) is 7.01. The van der Waals surface area contributed by atoms with E-state index in [1.807, 2.05) is 0 Å². The Labute approximate surface area is 123 Å². The number of aromatic nitrogens is 2. The van der Waals surface area contributed by atoms with E-state index in [4.69, 9.17) is 0 Å². The fraction of sp³-hybridized carbons (Fsp3) is 0.571. The van der Waals surface area contributed by atoms with Crippen LogP contribution >= 0.6 is 0 Å². The van der Waals surface area contributed by atoms with Crippen LogP contribution in [-0.2, 0) is 9.53 Å². The molecule has 21 heavy (non-hydrogen) atoms. The largest absolute Gasteiger partial charge is 0.464 e. The molecule has 2 heterocycles. The normalized spacial score (nSPS) is 15.6. The summed E-state index contributed by atoms with van der Waals surface area (Å²) < 4.78 is 4.59. The van der Waals surface area contributed by atoms with E-state index in [1.54, 1.807) is 6.20 Å². The molecule has 0 radical (unpaired) electrons. The Hall–Kier alpha value is -2.18. The van der Waals surface area contributed by atoms with Crippen molar-refractivity contribution >= 4 is 17.7 Å². The molecule has 7 nitrogen and oxygen atoms in total. The van der Waals surface area contributed by atoms with Crippen molar-refractivity contribution in [3.05, 3.63) is 18.1 Å². The molecule has 1 amide bonds. The number of hydrogen-bond donors (Lipinski definition) is 1. The number of nitrogens with zero attached hydrogens (tertiary/aromatic N) is 3. The van der Waals surface area contributed by atoms with Gasteiger partial charge in [0.25, 0.3) is 0 Å². The molecule has 0 saturated carbocycles. The smallest absolute Gasteiger partial charge is 0.358 e. The van der Waals surface area contributed by atoms with E-state index >= 15 is 0 Å². The number of rotatable bonds is 4. The van der Waals surface area contributed by atoms with E-state index in [2.05, 4.69) is 24.9 Å². The van der Waals surface area contributed by atoms with Crippen LogP contribution in [0.4, 0.5) is 5.82 Å². The molecule has 0 bridgehead atoms. The topological polar surface area (TPSA) is 84.4 Å². The van der Waals surface area contributed by atoms with Crippen molar-refractivity contribution in [3.63, 3.8) is 0 Å². The molecule has 0 aromatic carbocycles. The van der Waals surface area contributed by atoms with Gasteiger partial charge in [-0.05, 0) is 18.8 Å². The summed E-state index contributed by atoms with van der Waals surface area (Å²) in [6.45, 7) is 4.01. The zero-order chi connectivity index (χ0) is 15.2. The number of amides is 1. The van der Waals surface area contributed by atoms with Gasteiger partial charge in [-0.15, -0.1) is 0 Å². The van der Waals surface area contributed by atoms with Crippen LogP contribution in [0.15, 0.2) is 12.4 Å². The summed E-state index contributed by atoms with van der Waals surface area (Å²) in [5, 5.41) is 2.86. The monoisotopic (exact) mass is 292 g/mol. The molecule has 1 aromatic rings. The van der Waals surface area contributed by atoms with Crippen molar-refractivity contribution in [3.8, 4) is 0 Å². The van der Waals surface area contributed by atoms with Crippen LogP contribution in [0.25, 0.3) is 0 Å². The van der Waals surface area contributed by atoms with Crippen LogP contribution < -0.4 is 10.2 Å². The van der Waals surface area contributed by atoms with Gasteiger partial charge in [-0.2, -0.15) is 0 Å². The second-order valence-electron chi connectivity index (χ2n) is 5.12. The van der Waals surface area contributed by atoms with Crippen molar-refractivity contribution < 1.29 is 14.3 Å². The summed E-state index contributed by atoms with van der Waals surface area (Å²) in [5.41, 5.74) is 0.210. The highest BCUT2D eigenvalue weighted by Crippen LogP contribution is 2.20. The van der Waals surface area contributed by atoms with E-state index in [1.165, 1.54) is 20.2 Å². The highest BCUT2D eigenvalue weighted by molar-refractivity contribution is 5.86. The molecule has 7 heteroatoms. The number of piperidine rings is 1. The van der Waals surface area contributed by atoms with Gasteiger partial charge >= 0.3 is 5.97 Å². The lowest BCUT2D eigenvalue weighted by molar-refractivity contribution is -0.119. The zero-order valence-electron chi connectivity index (χ0n) is 12.3. The minimum absolute atomic E-state index is 0.0155. The number of nitrogens with one attached hydrogen (secondary N) is 1. The van der Waals surface area contributed by atoms with Crippen molar-refractivity contribution in [1.29, 1.82) is 0 Å². The van der Waals surface area contributed by atoms with Gasteiger partial charge in [0.2, 0.25) is 5.91 Å². The maximum Gasteiger partial charge on any atom is 0.358 e. The molecular weight excluding hydrogens is 272 g/mol. The number of carbonyl (C=O) groups is 2. The SMILES string of the molecule is COC(=O)c1cnc(N2CCC(CNC(C)=O)CC2)cn1. The molecule has 0 atom stereocenters. The number of carbonyl (C=O) groups excluding carboxylic acids is 2. The lowest BCUT2D eigenvalue weighted by atomic mass is 9.97. The first-order chi connectivity index (χ1) is 10.1.